The number of carboxylic acid groups (broad SMARTS) is 1. The van der Waals surface area contributed by atoms with Gasteiger partial charge in [-0.2, -0.15) is 0 Å². The molecule has 0 bridgehead atoms. The number of hydrogen-bond donors (Lipinski definition) is 2. The number of hydrogen-bond acceptors (Lipinski definition) is 4. The first-order valence-corrected chi connectivity index (χ1v) is 5.80. The molecule has 0 aromatic heterocycles. The first kappa shape index (κ1) is 15.0. The Bertz CT molecular complexity index is 429. The van der Waals surface area contributed by atoms with Crippen LogP contribution < -0.4 is 10.1 Å². The number of methoxy groups -OCH3 is 1. The van der Waals surface area contributed by atoms with Crippen LogP contribution in [0.15, 0.2) is 24.3 Å². The quantitative estimate of drug-likeness (QED) is 0.717. The molecule has 1 amide bonds. The van der Waals surface area contributed by atoms with Crippen molar-refractivity contribution in [1.82, 2.24) is 5.32 Å². The van der Waals surface area contributed by atoms with Gasteiger partial charge in [-0.25, -0.2) is 0 Å². The molecule has 0 aliphatic rings. The number of amides is 1. The second-order valence-electron chi connectivity index (χ2n) is 3.90. The van der Waals surface area contributed by atoms with E-state index in [0.29, 0.717) is 24.5 Å². The zero-order chi connectivity index (χ0) is 14.3. The van der Waals surface area contributed by atoms with Gasteiger partial charge < -0.3 is 19.9 Å². The lowest BCUT2D eigenvalue weighted by molar-refractivity contribution is -0.138. The van der Waals surface area contributed by atoms with Gasteiger partial charge in [-0.15, -0.1) is 0 Å². The number of carbonyl (C=O) groups excluding carboxylic acids is 1. The van der Waals surface area contributed by atoms with Crippen LogP contribution in [-0.4, -0.2) is 43.3 Å². The maximum Gasteiger partial charge on any atom is 0.325 e. The second-order valence-corrected chi connectivity index (χ2v) is 3.90. The summed E-state index contributed by atoms with van der Waals surface area (Å²) in [6.45, 7) is 2.32. The predicted octanol–water partition coefficient (Wildman–Crippen LogP) is 0.915. The Morgan fingerprint density at radius 3 is 2.42 bits per heavy atom. The van der Waals surface area contributed by atoms with Gasteiger partial charge in [0.15, 0.2) is 0 Å². The fraction of sp³-hybridized carbons (Fsp3) is 0.385. The zero-order valence-electron chi connectivity index (χ0n) is 10.9. The third-order valence-corrected chi connectivity index (χ3v) is 2.39. The Morgan fingerprint density at radius 2 is 1.89 bits per heavy atom. The number of aliphatic carboxylic acids is 1. The summed E-state index contributed by atoms with van der Waals surface area (Å²) in [5.41, 5.74) is 0.382. The van der Waals surface area contributed by atoms with E-state index in [2.05, 4.69) is 5.32 Å². The van der Waals surface area contributed by atoms with Gasteiger partial charge in [-0.05, 0) is 31.2 Å². The van der Waals surface area contributed by atoms with E-state index in [1.165, 1.54) is 6.92 Å². The molecule has 1 rings (SSSR count). The third kappa shape index (κ3) is 4.97. The Labute approximate surface area is 111 Å². The number of rotatable bonds is 7. The maximum absolute atomic E-state index is 11.7. The molecule has 0 saturated heterocycles. The van der Waals surface area contributed by atoms with Gasteiger partial charge in [-0.3, -0.25) is 9.59 Å². The minimum atomic E-state index is -1.08. The van der Waals surface area contributed by atoms with Crippen molar-refractivity contribution in [2.75, 3.05) is 20.3 Å². The first-order chi connectivity index (χ1) is 9.04. The molecule has 0 saturated carbocycles. The normalized spacial score (nSPS) is 11.7. The fourth-order valence-corrected chi connectivity index (χ4v) is 1.29. The number of ether oxygens (including phenoxy) is 2. The molecule has 0 radical (unpaired) electrons. The maximum atomic E-state index is 11.7. The molecule has 2 N–H and O–H groups in total. The molecule has 1 aromatic carbocycles. The van der Waals surface area contributed by atoms with Gasteiger partial charge in [0, 0.05) is 12.7 Å². The Hall–Kier alpha value is -2.08. The molecule has 6 nitrogen and oxygen atoms in total. The van der Waals surface area contributed by atoms with Gasteiger partial charge in [0.1, 0.15) is 18.4 Å². The Morgan fingerprint density at radius 1 is 1.26 bits per heavy atom. The highest BCUT2D eigenvalue weighted by Gasteiger charge is 2.14. The summed E-state index contributed by atoms with van der Waals surface area (Å²) in [4.78, 5) is 22.3. The zero-order valence-corrected chi connectivity index (χ0v) is 10.9. The molecule has 1 unspecified atom stereocenters. The molecule has 0 aliphatic carbocycles. The molecular weight excluding hydrogens is 250 g/mol. The van der Waals surface area contributed by atoms with Gasteiger partial charge in [0.25, 0.3) is 5.91 Å². The topological polar surface area (TPSA) is 84.9 Å². The number of carboxylic acids is 1. The summed E-state index contributed by atoms with van der Waals surface area (Å²) in [5.74, 6) is -0.883. The van der Waals surface area contributed by atoms with Crippen LogP contribution in [0, 0.1) is 0 Å². The smallest absolute Gasteiger partial charge is 0.325 e. The largest absolute Gasteiger partial charge is 0.491 e. The lowest BCUT2D eigenvalue weighted by Crippen LogP contribution is -2.38. The number of benzene rings is 1. The van der Waals surface area contributed by atoms with E-state index < -0.39 is 17.9 Å². The summed E-state index contributed by atoms with van der Waals surface area (Å²) in [5, 5.41) is 11.1. The highest BCUT2D eigenvalue weighted by atomic mass is 16.5. The van der Waals surface area contributed by atoms with Crippen LogP contribution in [0.25, 0.3) is 0 Å². The van der Waals surface area contributed by atoms with Gasteiger partial charge in [0.2, 0.25) is 0 Å². The van der Waals surface area contributed by atoms with Gasteiger partial charge in [-0.1, -0.05) is 0 Å². The van der Waals surface area contributed by atoms with Gasteiger partial charge >= 0.3 is 5.97 Å². The van der Waals surface area contributed by atoms with E-state index in [4.69, 9.17) is 14.6 Å². The van der Waals surface area contributed by atoms with Crippen LogP contribution >= 0.6 is 0 Å². The highest BCUT2D eigenvalue weighted by Crippen LogP contribution is 2.12. The lowest BCUT2D eigenvalue weighted by atomic mass is 10.2. The summed E-state index contributed by atoms with van der Waals surface area (Å²) < 4.78 is 10.2. The van der Waals surface area contributed by atoms with Crippen LogP contribution in [-0.2, 0) is 9.53 Å². The van der Waals surface area contributed by atoms with Crippen molar-refractivity contribution in [3.63, 3.8) is 0 Å². The van der Waals surface area contributed by atoms with Crippen molar-refractivity contribution in [2.24, 2.45) is 0 Å². The summed E-state index contributed by atoms with van der Waals surface area (Å²) in [7, 11) is 1.58. The monoisotopic (exact) mass is 267 g/mol. The van der Waals surface area contributed by atoms with E-state index in [1.807, 2.05) is 0 Å². The minimum Gasteiger partial charge on any atom is -0.491 e. The number of nitrogens with one attached hydrogen (secondary N) is 1. The van der Waals surface area contributed by atoms with Crippen molar-refractivity contribution in [1.29, 1.82) is 0 Å². The second kappa shape index (κ2) is 7.38. The van der Waals surface area contributed by atoms with E-state index in [9.17, 15) is 9.59 Å². The van der Waals surface area contributed by atoms with E-state index in [-0.39, 0.29) is 0 Å². The molecular formula is C13H17NO5. The molecule has 1 aromatic rings. The van der Waals surface area contributed by atoms with Crippen LogP contribution in [0.2, 0.25) is 0 Å². The third-order valence-electron chi connectivity index (χ3n) is 2.39. The lowest BCUT2D eigenvalue weighted by Gasteiger charge is -2.10. The summed E-state index contributed by atoms with van der Waals surface area (Å²) in [6.07, 6.45) is 0. The molecule has 6 heteroatoms. The summed E-state index contributed by atoms with van der Waals surface area (Å²) >= 11 is 0. The molecule has 0 fully saturated rings. The molecule has 0 heterocycles. The predicted molar refractivity (Wildman–Crippen MR) is 68.4 cm³/mol. The minimum absolute atomic E-state index is 0.382. The molecule has 104 valence electrons. The standard InChI is InChI=1S/C13H17NO5/c1-9(13(16)17)14-12(15)10-3-5-11(6-4-10)19-8-7-18-2/h3-6,9H,7-8H2,1-2H3,(H,14,15)(H,16,17). The fourth-order valence-electron chi connectivity index (χ4n) is 1.29. The van der Waals surface area contributed by atoms with E-state index in [1.54, 1.807) is 31.4 Å². The molecule has 1 atom stereocenters. The van der Waals surface area contributed by atoms with E-state index >= 15 is 0 Å². The van der Waals surface area contributed by atoms with Crippen molar-refractivity contribution in [3.8, 4) is 5.75 Å². The SMILES string of the molecule is COCCOc1ccc(C(=O)NC(C)C(=O)O)cc1. The molecule has 0 aliphatic heterocycles. The highest BCUT2D eigenvalue weighted by molar-refractivity contribution is 5.96. The van der Waals surface area contributed by atoms with Crippen molar-refractivity contribution >= 4 is 11.9 Å². The average Bonchev–Trinajstić information content (AvgIpc) is 2.39. The summed E-state index contributed by atoms with van der Waals surface area (Å²) in [6, 6.07) is 5.52. The molecule has 19 heavy (non-hydrogen) atoms. The van der Waals surface area contributed by atoms with Crippen molar-refractivity contribution in [3.05, 3.63) is 29.8 Å². The Kier molecular flexibility index (Phi) is 5.81. The van der Waals surface area contributed by atoms with Crippen molar-refractivity contribution < 1.29 is 24.2 Å². The first-order valence-electron chi connectivity index (χ1n) is 5.80. The van der Waals surface area contributed by atoms with Crippen LogP contribution in [0.1, 0.15) is 17.3 Å². The number of carbonyl (C=O) groups is 2. The average molecular weight is 267 g/mol. The molecule has 0 spiro atoms. The van der Waals surface area contributed by atoms with Gasteiger partial charge in [0.05, 0.1) is 6.61 Å². The Balaban J connectivity index is 2.55. The van der Waals surface area contributed by atoms with Crippen molar-refractivity contribution in [2.45, 2.75) is 13.0 Å². The van der Waals surface area contributed by atoms with Crippen LogP contribution in [0.3, 0.4) is 0 Å². The van der Waals surface area contributed by atoms with Crippen LogP contribution in [0.5, 0.6) is 5.75 Å². The van der Waals surface area contributed by atoms with E-state index in [0.717, 1.165) is 0 Å². The van der Waals surface area contributed by atoms with Crippen LogP contribution in [0.4, 0.5) is 0 Å².